The maximum Gasteiger partial charge on any atom is 0.332 e. The molecule has 1 aliphatic rings. The zero-order valence-corrected chi connectivity index (χ0v) is 9.89. The van der Waals surface area contributed by atoms with Crippen LogP contribution in [0.4, 0.5) is 0 Å². The van der Waals surface area contributed by atoms with E-state index >= 15 is 0 Å². The summed E-state index contributed by atoms with van der Waals surface area (Å²) in [5.41, 5.74) is 8.30. The van der Waals surface area contributed by atoms with Gasteiger partial charge in [0.05, 0.1) is 12.7 Å². The van der Waals surface area contributed by atoms with Gasteiger partial charge in [0.25, 0.3) is 0 Å². The highest BCUT2D eigenvalue weighted by molar-refractivity contribution is 5.70. The second-order valence-corrected chi connectivity index (χ2v) is 4.10. The summed E-state index contributed by atoms with van der Waals surface area (Å²) in [6, 6.07) is 7.90. The van der Waals surface area contributed by atoms with E-state index in [9.17, 15) is 4.79 Å². The lowest BCUT2D eigenvalue weighted by Crippen LogP contribution is -2.28. The molecule has 0 aliphatic heterocycles. The molecule has 92 valence electrons. The molecule has 2 atom stereocenters. The Hall–Kier alpha value is -1.39. The minimum absolute atomic E-state index is 0.0411. The highest BCUT2D eigenvalue weighted by Gasteiger charge is 2.30. The molecule has 0 saturated heterocycles. The van der Waals surface area contributed by atoms with Gasteiger partial charge in [-0.2, -0.15) is 0 Å². The van der Waals surface area contributed by atoms with Crippen LogP contribution < -0.4 is 5.73 Å². The average molecular weight is 235 g/mol. The number of fused-ring (bicyclic) bond motifs is 1. The van der Waals surface area contributed by atoms with Gasteiger partial charge in [-0.1, -0.05) is 24.3 Å². The van der Waals surface area contributed by atoms with E-state index in [-0.39, 0.29) is 24.7 Å². The minimum Gasteiger partial charge on any atom is -0.464 e. The van der Waals surface area contributed by atoms with Gasteiger partial charge in [-0.3, -0.25) is 0 Å². The summed E-state index contributed by atoms with van der Waals surface area (Å²) in [6.45, 7) is 2.10. The Kier molecular flexibility index (Phi) is 3.76. The van der Waals surface area contributed by atoms with Gasteiger partial charge in [0.15, 0.2) is 0 Å². The highest BCUT2D eigenvalue weighted by Crippen LogP contribution is 2.32. The van der Waals surface area contributed by atoms with Crippen LogP contribution in [0, 0.1) is 0 Å². The largest absolute Gasteiger partial charge is 0.464 e. The van der Waals surface area contributed by atoms with E-state index in [2.05, 4.69) is 0 Å². The number of ether oxygens (including phenoxy) is 2. The van der Waals surface area contributed by atoms with Crippen molar-refractivity contribution in [3.05, 3.63) is 35.4 Å². The van der Waals surface area contributed by atoms with Crippen LogP contribution in [-0.4, -0.2) is 25.2 Å². The molecule has 0 amide bonds. The first-order chi connectivity index (χ1) is 8.22. The molecule has 2 unspecified atom stereocenters. The van der Waals surface area contributed by atoms with E-state index in [1.807, 2.05) is 24.3 Å². The van der Waals surface area contributed by atoms with Gasteiger partial charge in [0.2, 0.25) is 0 Å². The fraction of sp³-hybridized carbons (Fsp3) is 0.462. The molecular weight excluding hydrogens is 218 g/mol. The lowest BCUT2D eigenvalue weighted by molar-refractivity contribution is -0.150. The van der Waals surface area contributed by atoms with E-state index in [0.717, 1.165) is 12.0 Å². The maximum atomic E-state index is 11.2. The summed E-state index contributed by atoms with van der Waals surface area (Å²) >= 11 is 0. The van der Waals surface area contributed by atoms with Crippen molar-refractivity contribution in [2.75, 3.05) is 13.2 Å². The quantitative estimate of drug-likeness (QED) is 0.796. The molecule has 4 nitrogen and oxygen atoms in total. The standard InChI is InChI=1S/C13H17NO3/c1-2-16-12(15)8-17-13-10-6-4-3-5-9(10)7-11(13)14/h3-6,11,13H,2,7-8,14H2,1H3. The third-order valence-corrected chi connectivity index (χ3v) is 2.89. The zero-order valence-electron chi connectivity index (χ0n) is 9.89. The first kappa shape index (κ1) is 12.1. The van der Waals surface area contributed by atoms with Gasteiger partial charge in [-0.15, -0.1) is 0 Å². The van der Waals surface area contributed by atoms with Crippen LogP contribution in [0.1, 0.15) is 24.2 Å². The summed E-state index contributed by atoms with van der Waals surface area (Å²) in [5.74, 6) is -0.343. The minimum atomic E-state index is -0.343. The van der Waals surface area contributed by atoms with E-state index in [0.29, 0.717) is 6.61 Å². The summed E-state index contributed by atoms with van der Waals surface area (Å²) < 4.78 is 10.4. The third-order valence-electron chi connectivity index (χ3n) is 2.89. The normalized spacial score (nSPS) is 22.2. The van der Waals surface area contributed by atoms with Crippen LogP contribution in [0.5, 0.6) is 0 Å². The Bertz CT molecular complexity index is 405. The maximum absolute atomic E-state index is 11.2. The van der Waals surface area contributed by atoms with Crippen LogP contribution in [0.3, 0.4) is 0 Å². The summed E-state index contributed by atoms with van der Waals surface area (Å²) in [5, 5.41) is 0. The van der Waals surface area contributed by atoms with Gasteiger partial charge >= 0.3 is 5.97 Å². The Morgan fingerprint density at radius 2 is 2.24 bits per heavy atom. The molecule has 0 saturated carbocycles. The fourth-order valence-corrected chi connectivity index (χ4v) is 2.16. The fourth-order valence-electron chi connectivity index (χ4n) is 2.16. The van der Waals surface area contributed by atoms with Gasteiger partial charge in [-0.05, 0) is 24.5 Å². The molecule has 0 bridgehead atoms. The topological polar surface area (TPSA) is 61.5 Å². The Morgan fingerprint density at radius 1 is 1.47 bits per heavy atom. The molecule has 0 fully saturated rings. The first-order valence-corrected chi connectivity index (χ1v) is 5.83. The van der Waals surface area contributed by atoms with Gasteiger partial charge in [0.1, 0.15) is 6.61 Å². The molecule has 17 heavy (non-hydrogen) atoms. The summed E-state index contributed by atoms with van der Waals surface area (Å²) in [7, 11) is 0. The van der Waals surface area contributed by atoms with Gasteiger partial charge in [0, 0.05) is 6.04 Å². The second kappa shape index (κ2) is 5.29. The Balaban J connectivity index is 1.99. The van der Waals surface area contributed by atoms with Crippen LogP contribution in [0.15, 0.2) is 24.3 Å². The van der Waals surface area contributed by atoms with Crippen molar-refractivity contribution in [2.24, 2.45) is 5.73 Å². The average Bonchev–Trinajstić information content (AvgIpc) is 2.62. The van der Waals surface area contributed by atoms with E-state index in [1.165, 1.54) is 5.56 Å². The smallest absolute Gasteiger partial charge is 0.332 e. The van der Waals surface area contributed by atoms with Crippen molar-refractivity contribution < 1.29 is 14.3 Å². The number of carbonyl (C=O) groups is 1. The first-order valence-electron chi connectivity index (χ1n) is 5.83. The number of nitrogens with two attached hydrogens (primary N) is 1. The number of hydrogen-bond acceptors (Lipinski definition) is 4. The molecule has 1 aliphatic carbocycles. The van der Waals surface area contributed by atoms with Crippen LogP contribution in [-0.2, 0) is 20.7 Å². The van der Waals surface area contributed by atoms with Crippen molar-refractivity contribution in [2.45, 2.75) is 25.5 Å². The molecule has 2 N–H and O–H groups in total. The van der Waals surface area contributed by atoms with Crippen molar-refractivity contribution in [3.8, 4) is 0 Å². The van der Waals surface area contributed by atoms with Gasteiger partial charge < -0.3 is 15.2 Å². The highest BCUT2D eigenvalue weighted by atomic mass is 16.6. The molecule has 1 aromatic rings. The van der Waals surface area contributed by atoms with Crippen LogP contribution >= 0.6 is 0 Å². The molecule has 2 rings (SSSR count). The SMILES string of the molecule is CCOC(=O)COC1c2ccccc2CC1N. The molecule has 0 heterocycles. The predicted octanol–water partition coefficient (Wildman–Crippen LogP) is 1.19. The Morgan fingerprint density at radius 3 is 3.00 bits per heavy atom. The van der Waals surface area contributed by atoms with Crippen molar-refractivity contribution in [1.29, 1.82) is 0 Å². The Labute approximate surface area is 101 Å². The molecule has 0 aromatic heterocycles. The van der Waals surface area contributed by atoms with E-state index in [1.54, 1.807) is 6.92 Å². The number of benzene rings is 1. The lowest BCUT2D eigenvalue weighted by atomic mass is 10.1. The lowest BCUT2D eigenvalue weighted by Gasteiger charge is -2.17. The number of rotatable bonds is 4. The monoisotopic (exact) mass is 235 g/mol. The molecular formula is C13H17NO3. The number of carbonyl (C=O) groups excluding carboxylic acids is 1. The second-order valence-electron chi connectivity index (χ2n) is 4.10. The molecule has 0 radical (unpaired) electrons. The van der Waals surface area contributed by atoms with Gasteiger partial charge in [-0.25, -0.2) is 4.79 Å². The number of esters is 1. The third kappa shape index (κ3) is 2.65. The molecule has 4 heteroatoms. The van der Waals surface area contributed by atoms with Crippen molar-refractivity contribution >= 4 is 5.97 Å². The van der Waals surface area contributed by atoms with Crippen molar-refractivity contribution in [3.63, 3.8) is 0 Å². The predicted molar refractivity (Wildman–Crippen MR) is 63.4 cm³/mol. The summed E-state index contributed by atoms with van der Waals surface area (Å²) in [4.78, 5) is 11.2. The summed E-state index contributed by atoms with van der Waals surface area (Å²) in [6.07, 6.45) is 0.597. The number of hydrogen-bond donors (Lipinski definition) is 1. The van der Waals surface area contributed by atoms with Crippen LogP contribution in [0.2, 0.25) is 0 Å². The zero-order chi connectivity index (χ0) is 12.3. The molecule has 1 aromatic carbocycles. The van der Waals surface area contributed by atoms with Crippen molar-refractivity contribution in [1.82, 2.24) is 0 Å². The van der Waals surface area contributed by atoms with E-state index in [4.69, 9.17) is 15.2 Å². The van der Waals surface area contributed by atoms with Crippen LogP contribution in [0.25, 0.3) is 0 Å². The van der Waals surface area contributed by atoms with E-state index < -0.39 is 0 Å². The molecule has 0 spiro atoms.